The van der Waals surface area contributed by atoms with E-state index >= 15 is 0 Å². The maximum absolute atomic E-state index is 12.1. The number of ketones is 1. The van der Waals surface area contributed by atoms with Gasteiger partial charge in [-0.2, -0.15) is 0 Å². The molecule has 0 bridgehead atoms. The van der Waals surface area contributed by atoms with Gasteiger partial charge in [-0.15, -0.1) is 0 Å². The van der Waals surface area contributed by atoms with Crippen molar-refractivity contribution in [3.63, 3.8) is 0 Å². The van der Waals surface area contributed by atoms with E-state index in [1.54, 1.807) is 30.3 Å². The molecule has 4 heteroatoms. The van der Waals surface area contributed by atoms with E-state index in [1.807, 2.05) is 18.2 Å². The molecule has 0 aliphatic heterocycles. The zero-order chi connectivity index (χ0) is 13.7. The Morgan fingerprint density at radius 2 is 1.89 bits per heavy atom. The van der Waals surface area contributed by atoms with Gasteiger partial charge in [-0.25, -0.2) is 0 Å². The van der Waals surface area contributed by atoms with Crippen LogP contribution >= 0.6 is 15.9 Å². The molecule has 0 aliphatic carbocycles. The molecule has 0 heterocycles. The van der Waals surface area contributed by atoms with Gasteiger partial charge in [-0.1, -0.05) is 46.3 Å². The summed E-state index contributed by atoms with van der Waals surface area (Å²) in [5.74, 6) is 0.386. The lowest BCUT2D eigenvalue weighted by Crippen LogP contribution is -2.05. The first-order valence-electron chi connectivity index (χ1n) is 5.67. The van der Waals surface area contributed by atoms with E-state index in [9.17, 15) is 9.59 Å². The first kappa shape index (κ1) is 13.5. The van der Waals surface area contributed by atoms with Gasteiger partial charge in [0.2, 0.25) is 0 Å². The fourth-order valence-corrected chi connectivity index (χ4v) is 2.16. The van der Waals surface area contributed by atoms with E-state index in [0.29, 0.717) is 23.3 Å². The van der Waals surface area contributed by atoms with Crippen LogP contribution < -0.4 is 4.74 Å². The molecule has 3 nitrogen and oxygen atoms in total. The first-order valence-corrected chi connectivity index (χ1v) is 6.47. The molecule has 0 aromatic heterocycles. The number of benzene rings is 2. The van der Waals surface area contributed by atoms with Crippen LogP contribution in [0.2, 0.25) is 0 Å². The van der Waals surface area contributed by atoms with E-state index in [2.05, 4.69) is 15.9 Å². The average molecular weight is 319 g/mol. The summed E-state index contributed by atoms with van der Waals surface area (Å²) in [5, 5.41) is 0. The number of hydrogen-bond acceptors (Lipinski definition) is 3. The van der Waals surface area contributed by atoms with Gasteiger partial charge < -0.3 is 4.74 Å². The molecule has 2 rings (SSSR count). The quantitative estimate of drug-likeness (QED) is 0.626. The smallest absolute Gasteiger partial charge is 0.298 e. The summed E-state index contributed by atoms with van der Waals surface area (Å²) < 4.78 is 5.71. The Labute approximate surface area is 119 Å². The maximum Gasteiger partial charge on any atom is 0.298 e. The molecule has 0 unspecified atom stereocenters. The number of ether oxygens (including phenoxy) is 1. The second-order valence-corrected chi connectivity index (χ2v) is 4.85. The molecule has 0 atom stereocenters. The van der Waals surface area contributed by atoms with Crippen molar-refractivity contribution in [2.75, 3.05) is 0 Å². The Hall–Kier alpha value is -1.94. The molecule has 19 heavy (non-hydrogen) atoms. The van der Waals surface area contributed by atoms with Crippen molar-refractivity contribution in [2.24, 2.45) is 0 Å². The highest BCUT2D eigenvalue weighted by molar-refractivity contribution is 9.10. The molecule has 0 N–H and O–H groups in total. The largest absolute Gasteiger partial charge is 0.428 e. The van der Waals surface area contributed by atoms with Crippen LogP contribution in [-0.4, -0.2) is 12.3 Å². The summed E-state index contributed by atoms with van der Waals surface area (Å²) in [6.07, 6.45) is 0.187. The minimum Gasteiger partial charge on any atom is -0.428 e. The second-order valence-electron chi connectivity index (χ2n) is 3.93. The van der Waals surface area contributed by atoms with Gasteiger partial charge in [0.1, 0.15) is 5.75 Å². The summed E-state index contributed by atoms with van der Waals surface area (Å²) in [6, 6.07) is 14.2. The number of Topliss-reactive ketones (excluding diaryl/α,β-unsaturated/α-hetero) is 1. The van der Waals surface area contributed by atoms with E-state index in [1.165, 1.54) is 0 Å². The highest BCUT2D eigenvalue weighted by Crippen LogP contribution is 2.24. The summed E-state index contributed by atoms with van der Waals surface area (Å²) in [7, 11) is 0. The molecule has 0 spiro atoms. The van der Waals surface area contributed by atoms with Crippen LogP contribution in [0.5, 0.6) is 5.75 Å². The van der Waals surface area contributed by atoms with Gasteiger partial charge in [-0.05, 0) is 18.2 Å². The number of rotatable bonds is 5. The monoisotopic (exact) mass is 318 g/mol. The first-order chi connectivity index (χ1) is 9.20. The Morgan fingerprint density at radius 3 is 2.58 bits per heavy atom. The van der Waals surface area contributed by atoms with E-state index in [0.717, 1.165) is 4.47 Å². The van der Waals surface area contributed by atoms with Crippen LogP contribution in [0.15, 0.2) is 53.0 Å². The Kier molecular flexibility index (Phi) is 4.47. The highest BCUT2D eigenvalue weighted by Gasteiger charge is 2.11. The number of hydrogen-bond donors (Lipinski definition) is 0. The van der Waals surface area contributed by atoms with E-state index in [-0.39, 0.29) is 12.2 Å². The predicted octanol–water partition coefficient (Wildman–Crippen LogP) is 3.41. The fourth-order valence-electron chi connectivity index (χ4n) is 1.75. The van der Waals surface area contributed by atoms with Crippen molar-refractivity contribution in [3.8, 4) is 5.75 Å². The average Bonchev–Trinajstić information content (AvgIpc) is 2.43. The predicted molar refractivity (Wildman–Crippen MR) is 75.3 cm³/mol. The fraction of sp³-hybridized carbons (Fsp3) is 0.0667. The van der Waals surface area contributed by atoms with Crippen LogP contribution in [0.1, 0.15) is 15.9 Å². The van der Waals surface area contributed by atoms with Crippen LogP contribution in [0.25, 0.3) is 0 Å². The van der Waals surface area contributed by atoms with Crippen LogP contribution in [-0.2, 0) is 11.2 Å². The van der Waals surface area contributed by atoms with Crippen molar-refractivity contribution < 1.29 is 14.3 Å². The second kappa shape index (κ2) is 6.29. The van der Waals surface area contributed by atoms with Crippen LogP contribution in [0, 0.1) is 0 Å². The van der Waals surface area contributed by atoms with Crippen molar-refractivity contribution in [1.82, 2.24) is 0 Å². The number of carbonyl (C=O) groups excluding carboxylic acids is 2. The highest BCUT2D eigenvalue weighted by atomic mass is 79.9. The Bertz CT molecular complexity index is 594. The minimum absolute atomic E-state index is 0.0190. The molecule has 0 amide bonds. The van der Waals surface area contributed by atoms with Crippen LogP contribution in [0.4, 0.5) is 0 Å². The molecule has 96 valence electrons. The van der Waals surface area contributed by atoms with Gasteiger partial charge in [0.25, 0.3) is 6.47 Å². The van der Waals surface area contributed by atoms with Gasteiger partial charge in [0.05, 0.1) is 0 Å². The number of carbonyl (C=O) groups is 2. The molecule has 2 aromatic carbocycles. The third-order valence-electron chi connectivity index (χ3n) is 2.64. The summed E-state index contributed by atoms with van der Waals surface area (Å²) in [5.41, 5.74) is 1.31. The van der Waals surface area contributed by atoms with Crippen LogP contribution in [0.3, 0.4) is 0 Å². The van der Waals surface area contributed by atoms with Gasteiger partial charge in [0.15, 0.2) is 5.78 Å². The molecule has 0 saturated carbocycles. The van der Waals surface area contributed by atoms with Gasteiger partial charge in [-0.3, -0.25) is 9.59 Å². The van der Waals surface area contributed by atoms with Crippen molar-refractivity contribution in [1.29, 1.82) is 0 Å². The Balaban J connectivity index is 2.25. The lowest BCUT2D eigenvalue weighted by atomic mass is 10.0. The molecule has 0 radical (unpaired) electrons. The van der Waals surface area contributed by atoms with E-state index in [4.69, 9.17) is 4.74 Å². The summed E-state index contributed by atoms with van der Waals surface area (Å²) in [6.45, 7) is 0.361. The third kappa shape index (κ3) is 3.51. The molecular formula is C15H11BrO3. The molecule has 0 fully saturated rings. The molecular weight excluding hydrogens is 308 g/mol. The van der Waals surface area contributed by atoms with Gasteiger partial charge in [0, 0.05) is 22.0 Å². The molecule has 2 aromatic rings. The van der Waals surface area contributed by atoms with Gasteiger partial charge >= 0.3 is 0 Å². The zero-order valence-electron chi connectivity index (χ0n) is 10.0. The SMILES string of the molecule is O=COc1ccc(Br)cc1CC(=O)c1ccccc1. The Morgan fingerprint density at radius 1 is 1.16 bits per heavy atom. The van der Waals surface area contributed by atoms with E-state index < -0.39 is 0 Å². The summed E-state index contributed by atoms with van der Waals surface area (Å²) in [4.78, 5) is 22.6. The van der Waals surface area contributed by atoms with Crippen molar-refractivity contribution >= 4 is 28.2 Å². The zero-order valence-corrected chi connectivity index (χ0v) is 11.6. The summed E-state index contributed by atoms with van der Waals surface area (Å²) >= 11 is 3.34. The lowest BCUT2D eigenvalue weighted by molar-refractivity contribution is -0.120. The minimum atomic E-state index is -0.0190. The molecule has 0 saturated heterocycles. The maximum atomic E-state index is 12.1. The van der Waals surface area contributed by atoms with Crippen molar-refractivity contribution in [3.05, 3.63) is 64.1 Å². The molecule has 0 aliphatic rings. The normalized spacial score (nSPS) is 9.95. The number of halogens is 1. The third-order valence-corrected chi connectivity index (χ3v) is 3.14. The standard InChI is InChI=1S/C15H11BrO3/c16-13-6-7-15(19-10-17)12(8-13)9-14(18)11-4-2-1-3-5-11/h1-8,10H,9H2. The lowest BCUT2D eigenvalue weighted by Gasteiger charge is -2.07. The van der Waals surface area contributed by atoms with Crippen molar-refractivity contribution in [2.45, 2.75) is 6.42 Å². The topological polar surface area (TPSA) is 43.4 Å².